The minimum atomic E-state index is -0.705. The lowest BCUT2D eigenvalue weighted by Crippen LogP contribution is -2.47. The van der Waals surface area contributed by atoms with Gasteiger partial charge in [-0.05, 0) is 13.3 Å². The molecule has 92 valence electrons. The van der Waals surface area contributed by atoms with E-state index < -0.39 is 12.2 Å². The molecular formula is C10H23NO4. The topological polar surface area (TPSA) is 101 Å². The summed E-state index contributed by atoms with van der Waals surface area (Å²) < 4.78 is 0. The molecule has 5 nitrogen and oxygen atoms in total. The van der Waals surface area contributed by atoms with E-state index in [0.717, 1.165) is 0 Å². The summed E-state index contributed by atoms with van der Waals surface area (Å²) in [5.41, 5.74) is 0. The monoisotopic (exact) mass is 221 g/mol. The third-order valence-electron chi connectivity index (χ3n) is 2.54. The van der Waals surface area contributed by atoms with Crippen molar-refractivity contribution in [3.63, 3.8) is 0 Å². The number of rotatable bonds is 5. The van der Waals surface area contributed by atoms with E-state index in [1.807, 2.05) is 6.92 Å². The highest BCUT2D eigenvalue weighted by atomic mass is 16.3. The number of hydrogen-bond donors (Lipinski definition) is 3. The third kappa shape index (κ3) is 5.71. The van der Waals surface area contributed by atoms with E-state index in [1.54, 1.807) is 13.8 Å². The SMILES string of the molecule is CCC(NC(C)=O)[C@H](O)[C@H](C)C(C)O.O. The van der Waals surface area contributed by atoms with Crippen LogP contribution in [0.15, 0.2) is 0 Å². The van der Waals surface area contributed by atoms with E-state index in [4.69, 9.17) is 0 Å². The van der Waals surface area contributed by atoms with Crippen molar-refractivity contribution in [2.45, 2.75) is 52.4 Å². The molecule has 0 rings (SSSR count). The molecule has 1 amide bonds. The van der Waals surface area contributed by atoms with Gasteiger partial charge >= 0.3 is 0 Å². The van der Waals surface area contributed by atoms with Crippen molar-refractivity contribution in [3.8, 4) is 0 Å². The molecule has 0 aliphatic heterocycles. The van der Waals surface area contributed by atoms with Crippen LogP contribution >= 0.6 is 0 Å². The van der Waals surface area contributed by atoms with Crippen molar-refractivity contribution >= 4 is 5.91 Å². The van der Waals surface area contributed by atoms with Crippen molar-refractivity contribution < 1.29 is 20.5 Å². The Morgan fingerprint density at radius 1 is 1.33 bits per heavy atom. The highest BCUT2D eigenvalue weighted by molar-refractivity contribution is 5.73. The third-order valence-corrected chi connectivity index (χ3v) is 2.54. The van der Waals surface area contributed by atoms with Gasteiger partial charge in [-0.15, -0.1) is 0 Å². The molecule has 5 heteroatoms. The van der Waals surface area contributed by atoms with Crippen molar-refractivity contribution in [3.05, 3.63) is 0 Å². The average molecular weight is 221 g/mol. The molecule has 0 aliphatic rings. The molecule has 0 fully saturated rings. The van der Waals surface area contributed by atoms with E-state index in [0.29, 0.717) is 6.42 Å². The maximum absolute atomic E-state index is 10.8. The van der Waals surface area contributed by atoms with E-state index in [1.165, 1.54) is 6.92 Å². The molecular weight excluding hydrogens is 198 g/mol. The Morgan fingerprint density at radius 3 is 2.07 bits per heavy atom. The summed E-state index contributed by atoms with van der Waals surface area (Å²) in [6, 6.07) is -0.280. The van der Waals surface area contributed by atoms with Gasteiger partial charge in [0.25, 0.3) is 0 Å². The molecule has 0 saturated carbocycles. The van der Waals surface area contributed by atoms with E-state index in [2.05, 4.69) is 5.32 Å². The van der Waals surface area contributed by atoms with Gasteiger partial charge in [0.2, 0.25) is 5.91 Å². The predicted molar refractivity (Wildman–Crippen MR) is 58.4 cm³/mol. The second-order valence-corrected chi connectivity index (χ2v) is 3.81. The number of hydrogen-bond acceptors (Lipinski definition) is 3. The second kappa shape index (κ2) is 7.62. The van der Waals surface area contributed by atoms with Crippen LogP contribution in [0.5, 0.6) is 0 Å². The fourth-order valence-corrected chi connectivity index (χ4v) is 1.34. The lowest BCUT2D eigenvalue weighted by Gasteiger charge is -2.28. The lowest BCUT2D eigenvalue weighted by atomic mass is 9.92. The van der Waals surface area contributed by atoms with Gasteiger partial charge in [0, 0.05) is 12.8 Å². The average Bonchev–Trinajstić information content (AvgIpc) is 2.11. The summed E-state index contributed by atoms with van der Waals surface area (Å²) in [6.07, 6.45) is -0.630. The Labute approximate surface area is 90.8 Å². The highest BCUT2D eigenvalue weighted by Gasteiger charge is 2.26. The van der Waals surface area contributed by atoms with Gasteiger partial charge in [-0.1, -0.05) is 13.8 Å². The fraction of sp³-hybridized carbons (Fsp3) is 0.900. The number of carbonyl (C=O) groups excluding carboxylic acids is 1. The van der Waals surface area contributed by atoms with E-state index in [-0.39, 0.29) is 23.3 Å². The zero-order valence-electron chi connectivity index (χ0n) is 9.82. The zero-order chi connectivity index (χ0) is 11.3. The van der Waals surface area contributed by atoms with Crippen LogP contribution in [-0.2, 0) is 4.79 Å². The molecule has 0 aliphatic carbocycles. The lowest BCUT2D eigenvalue weighted by molar-refractivity contribution is -0.121. The maximum Gasteiger partial charge on any atom is 0.217 e. The van der Waals surface area contributed by atoms with Crippen LogP contribution in [-0.4, -0.2) is 39.8 Å². The van der Waals surface area contributed by atoms with Crippen LogP contribution in [0.1, 0.15) is 34.1 Å². The van der Waals surface area contributed by atoms with Gasteiger partial charge in [0.05, 0.1) is 18.2 Å². The maximum atomic E-state index is 10.8. The van der Waals surface area contributed by atoms with Crippen LogP contribution in [0.2, 0.25) is 0 Å². The first-order valence-electron chi connectivity index (χ1n) is 5.03. The predicted octanol–water partition coefficient (Wildman–Crippen LogP) is -0.546. The van der Waals surface area contributed by atoms with Gasteiger partial charge in [-0.2, -0.15) is 0 Å². The molecule has 0 radical (unpaired) electrons. The summed E-state index contributed by atoms with van der Waals surface area (Å²) in [4.78, 5) is 10.8. The Bertz CT molecular complexity index is 184. The molecule has 0 bridgehead atoms. The number of aliphatic hydroxyl groups is 2. The summed E-state index contributed by atoms with van der Waals surface area (Å²) in [5, 5.41) is 21.8. The molecule has 15 heavy (non-hydrogen) atoms. The summed E-state index contributed by atoms with van der Waals surface area (Å²) in [6.45, 7) is 6.70. The first-order valence-corrected chi connectivity index (χ1v) is 5.03. The van der Waals surface area contributed by atoms with Crippen LogP contribution in [0.25, 0.3) is 0 Å². The van der Waals surface area contributed by atoms with Gasteiger partial charge in [-0.3, -0.25) is 4.79 Å². The van der Waals surface area contributed by atoms with Crippen molar-refractivity contribution in [2.24, 2.45) is 5.92 Å². The normalized spacial score (nSPS) is 18.3. The molecule has 0 saturated heterocycles. The molecule has 4 atom stereocenters. The fourth-order valence-electron chi connectivity index (χ4n) is 1.34. The molecule has 5 N–H and O–H groups in total. The van der Waals surface area contributed by atoms with Gasteiger partial charge in [0.15, 0.2) is 0 Å². The van der Waals surface area contributed by atoms with Crippen LogP contribution in [0, 0.1) is 5.92 Å². The Morgan fingerprint density at radius 2 is 1.80 bits per heavy atom. The smallest absolute Gasteiger partial charge is 0.217 e. The Balaban J connectivity index is 0. The Kier molecular flexibility index (Phi) is 8.51. The molecule has 0 aromatic rings. The minimum Gasteiger partial charge on any atom is -0.412 e. The van der Waals surface area contributed by atoms with Crippen molar-refractivity contribution in [2.75, 3.05) is 0 Å². The molecule has 0 spiro atoms. The highest BCUT2D eigenvalue weighted by Crippen LogP contribution is 2.13. The van der Waals surface area contributed by atoms with Crippen LogP contribution in [0.3, 0.4) is 0 Å². The molecule has 0 heterocycles. The first kappa shape index (κ1) is 16.8. The quantitative estimate of drug-likeness (QED) is 0.580. The zero-order valence-corrected chi connectivity index (χ0v) is 9.82. The van der Waals surface area contributed by atoms with Gasteiger partial charge in [0.1, 0.15) is 0 Å². The van der Waals surface area contributed by atoms with Crippen LogP contribution < -0.4 is 5.32 Å². The van der Waals surface area contributed by atoms with E-state index >= 15 is 0 Å². The van der Waals surface area contributed by atoms with Crippen LogP contribution in [0.4, 0.5) is 0 Å². The number of aliphatic hydroxyl groups excluding tert-OH is 2. The Hall–Kier alpha value is -0.650. The first-order chi connectivity index (χ1) is 6.40. The number of amides is 1. The summed E-state index contributed by atoms with van der Waals surface area (Å²) >= 11 is 0. The van der Waals surface area contributed by atoms with Crippen molar-refractivity contribution in [1.29, 1.82) is 0 Å². The largest absolute Gasteiger partial charge is 0.412 e. The molecule has 2 unspecified atom stereocenters. The van der Waals surface area contributed by atoms with Gasteiger partial charge in [-0.25, -0.2) is 0 Å². The molecule has 0 aromatic heterocycles. The van der Waals surface area contributed by atoms with Gasteiger partial charge < -0.3 is 21.0 Å². The number of carbonyl (C=O) groups is 1. The van der Waals surface area contributed by atoms with Crippen molar-refractivity contribution in [1.82, 2.24) is 5.32 Å². The van der Waals surface area contributed by atoms with E-state index in [9.17, 15) is 15.0 Å². The second-order valence-electron chi connectivity index (χ2n) is 3.81. The standard InChI is InChI=1S/C10H21NO3.H2O/c1-5-9(11-8(4)13)10(14)6(2)7(3)12;/h6-7,9-10,12,14H,5H2,1-4H3,(H,11,13);1H2/t6-,7?,9?,10-;/m1./s1. The number of nitrogens with one attached hydrogen (secondary N) is 1. The minimum absolute atomic E-state index is 0. The summed E-state index contributed by atoms with van der Waals surface area (Å²) in [5.74, 6) is -0.402. The summed E-state index contributed by atoms with van der Waals surface area (Å²) in [7, 11) is 0. The molecule has 0 aromatic carbocycles.